The van der Waals surface area contributed by atoms with E-state index in [0.29, 0.717) is 13.2 Å². The van der Waals surface area contributed by atoms with Crippen molar-refractivity contribution < 1.29 is 9.47 Å². The molecule has 0 aliphatic heterocycles. The Labute approximate surface area is 145 Å². The van der Waals surface area contributed by atoms with E-state index in [1.54, 1.807) is 7.11 Å². The lowest BCUT2D eigenvalue weighted by atomic mass is 10.1. The first kappa shape index (κ1) is 18.1. The fraction of sp³-hybridized carbons (Fsp3) is 0.400. The second kappa shape index (κ2) is 9.18. The SMILES string of the molecule is COCCOc1ccccc1NCCNc1c(C)cc(C)cc1C. The van der Waals surface area contributed by atoms with Crippen molar-refractivity contribution in [3.05, 3.63) is 53.1 Å². The molecule has 0 aromatic heterocycles. The van der Waals surface area contributed by atoms with E-state index < -0.39 is 0 Å². The van der Waals surface area contributed by atoms with Gasteiger partial charge in [0.05, 0.1) is 12.3 Å². The minimum absolute atomic E-state index is 0.551. The normalized spacial score (nSPS) is 10.5. The lowest BCUT2D eigenvalue weighted by Crippen LogP contribution is -2.16. The molecule has 0 saturated carbocycles. The van der Waals surface area contributed by atoms with Crippen molar-refractivity contribution >= 4 is 11.4 Å². The summed E-state index contributed by atoms with van der Waals surface area (Å²) in [6.07, 6.45) is 0. The minimum atomic E-state index is 0.551. The molecule has 0 aliphatic rings. The van der Waals surface area contributed by atoms with E-state index in [1.807, 2.05) is 24.3 Å². The van der Waals surface area contributed by atoms with E-state index in [-0.39, 0.29) is 0 Å². The van der Waals surface area contributed by atoms with Gasteiger partial charge in [0, 0.05) is 25.9 Å². The van der Waals surface area contributed by atoms with Crippen LogP contribution in [0.1, 0.15) is 16.7 Å². The number of ether oxygens (including phenoxy) is 2. The monoisotopic (exact) mass is 328 g/mol. The van der Waals surface area contributed by atoms with Crippen LogP contribution in [0.25, 0.3) is 0 Å². The molecule has 2 rings (SSSR count). The Bertz CT molecular complexity index is 633. The van der Waals surface area contributed by atoms with E-state index >= 15 is 0 Å². The zero-order valence-electron chi connectivity index (χ0n) is 15.1. The van der Waals surface area contributed by atoms with E-state index in [1.165, 1.54) is 22.4 Å². The molecule has 0 amide bonds. The van der Waals surface area contributed by atoms with Gasteiger partial charge in [-0.15, -0.1) is 0 Å². The Morgan fingerprint density at radius 2 is 1.54 bits per heavy atom. The van der Waals surface area contributed by atoms with Gasteiger partial charge in [0.25, 0.3) is 0 Å². The van der Waals surface area contributed by atoms with Crippen LogP contribution in [0.15, 0.2) is 36.4 Å². The van der Waals surface area contributed by atoms with Crippen LogP contribution in [0.5, 0.6) is 5.75 Å². The molecule has 0 heterocycles. The molecule has 2 aromatic carbocycles. The van der Waals surface area contributed by atoms with E-state index in [9.17, 15) is 0 Å². The second-order valence-electron chi connectivity index (χ2n) is 5.96. The number of benzene rings is 2. The summed E-state index contributed by atoms with van der Waals surface area (Å²) in [6, 6.07) is 12.4. The van der Waals surface area contributed by atoms with Gasteiger partial charge in [0.15, 0.2) is 0 Å². The van der Waals surface area contributed by atoms with Crippen molar-refractivity contribution in [2.24, 2.45) is 0 Å². The quantitative estimate of drug-likeness (QED) is 0.678. The Balaban J connectivity index is 1.87. The van der Waals surface area contributed by atoms with Crippen molar-refractivity contribution in [3.63, 3.8) is 0 Å². The summed E-state index contributed by atoms with van der Waals surface area (Å²) in [7, 11) is 1.67. The van der Waals surface area contributed by atoms with Crippen molar-refractivity contribution in [1.82, 2.24) is 0 Å². The van der Waals surface area contributed by atoms with Crippen LogP contribution in [-0.4, -0.2) is 33.4 Å². The third kappa shape index (κ3) is 5.17. The number of aryl methyl sites for hydroxylation is 3. The van der Waals surface area contributed by atoms with Crippen LogP contribution in [0, 0.1) is 20.8 Å². The first-order valence-corrected chi connectivity index (χ1v) is 8.38. The maximum absolute atomic E-state index is 5.74. The first-order valence-electron chi connectivity index (χ1n) is 8.38. The first-order chi connectivity index (χ1) is 11.6. The molecule has 0 aliphatic carbocycles. The van der Waals surface area contributed by atoms with Gasteiger partial charge >= 0.3 is 0 Å². The number of hydrogen-bond acceptors (Lipinski definition) is 4. The summed E-state index contributed by atoms with van der Waals surface area (Å²) in [5.74, 6) is 0.859. The smallest absolute Gasteiger partial charge is 0.142 e. The average molecular weight is 328 g/mol. The lowest BCUT2D eigenvalue weighted by Gasteiger charge is -2.16. The standard InChI is InChI=1S/C20H28N2O2/c1-15-13-16(2)20(17(3)14-15)22-10-9-21-18-7-5-6-8-19(18)24-12-11-23-4/h5-8,13-14,21-22H,9-12H2,1-4H3. The fourth-order valence-electron chi connectivity index (χ4n) is 2.82. The highest BCUT2D eigenvalue weighted by Crippen LogP contribution is 2.24. The summed E-state index contributed by atoms with van der Waals surface area (Å²) in [5.41, 5.74) is 6.11. The zero-order valence-corrected chi connectivity index (χ0v) is 15.1. The largest absolute Gasteiger partial charge is 0.489 e. The Hall–Kier alpha value is -2.20. The maximum atomic E-state index is 5.74. The molecule has 0 saturated heterocycles. The molecule has 130 valence electrons. The highest BCUT2D eigenvalue weighted by Gasteiger charge is 2.04. The van der Waals surface area contributed by atoms with Crippen molar-refractivity contribution in [1.29, 1.82) is 0 Å². The molecular formula is C20H28N2O2. The molecule has 0 fully saturated rings. The molecule has 0 radical (unpaired) electrons. The van der Waals surface area contributed by atoms with Crippen molar-refractivity contribution in [2.45, 2.75) is 20.8 Å². The Morgan fingerprint density at radius 3 is 2.25 bits per heavy atom. The zero-order chi connectivity index (χ0) is 17.4. The predicted molar refractivity (Wildman–Crippen MR) is 101 cm³/mol. The average Bonchev–Trinajstić information content (AvgIpc) is 2.54. The number of nitrogens with one attached hydrogen (secondary N) is 2. The van der Waals surface area contributed by atoms with Gasteiger partial charge in [-0.3, -0.25) is 0 Å². The third-order valence-corrected chi connectivity index (χ3v) is 3.85. The molecule has 24 heavy (non-hydrogen) atoms. The molecule has 4 heteroatoms. The Kier molecular flexibility index (Phi) is 6.94. The third-order valence-electron chi connectivity index (χ3n) is 3.85. The van der Waals surface area contributed by atoms with Crippen LogP contribution in [-0.2, 0) is 4.74 Å². The van der Waals surface area contributed by atoms with Gasteiger partial charge in [-0.25, -0.2) is 0 Å². The summed E-state index contributed by atoms with van der Waals surface area (Å²) in [5, 5.41) is 6.96. The van der Waals surface area contributed by atoms with Crippen LogP contribution >= 0.6 is 0 Å². The summed E-state index contributed by atoms with van der Waals surface area (Å²) in [4.78, 5) is 0. The highest BCUT2D eigenvalue weighted by molar-refractivity contribution is 5.59. The summed E-state index contributed by atoms with van der Waals surface area (Å²) in [6.45, 7) is 9.22. The van der Waals surface area contributed by atoms with Crippen LogP contribution < -0.4 is 15.4 Å². The van der Waals surface area contributed by atoms with Gasteiger partial charge < -0.3 is 20.1 Å². The van der Waals surface area contributed by atoms with Gasteiger partial charge in [-0.05, 0) is 44.0 Å². The van der Waals surface area contributed by atoms with Crippen molar-refractivity contribution in [3.8, 4) is 5.75 Å². The van der Waals surface area contributed by atoms with Crippen LogP contribution in [0.3, 0.4) is 0 Å². The van der Waals surface area contributed by atoms with E-state index in [2.05, 4.69) is 43.5 Å². The van der Waals surface area contributed by atoms with Gasteiger partial charge in [-0.2, -0.15) is 0 Å². The molecule has 0 bridgehead atoms. The molecule has 0 spiro atoms. The molecule has 2 aromatic rings. The molecule has 0 unspecified atom stereocenters. The minimum Gasteiger partial charge on any atom is -0.489 e. The fourth-order valence-corrected chi connectivity index (χ4v) is 2.82. The van der Waals surface area contributed by atoms with Gasteiger partial charge in [0.1, 0.15) is 12.4 Å². The summed E-state index contributed by atoms with van der Waals surface area (Å²) < 4.78 is 10.8. The molecule has 4 nitrogen and oxygen atoms in total. The summed E-state index contributed by atoms with van der Waals surface area (Å²) >= 11 is 0. The maximum Gasteiger partial charge on any atom is 0.142 e. The number of hydrogen-bond donors (Lipinski definition) is 2. The van der Waals surface area contributed by atoms with E-state index in [0.717, 1.165) is 24.5 Å². The number of anilines is 2. The van der Waals surface area contributed by atoms with Crippen molar-refractivity contribution in [2.75, 3.05) is 44.0 Å². The number of rotatable bonds is 9. The second-order valence-corrected chi connectivity index (χ2v) is 5.96. The van der Waals surface area contributed by atoms with Gasteiger partial charge in [0.2, 0.25) is 0 Å². The van der Waals surface area contributed by atoms with Crippen LogP contribution in [0.4, 0.5) is 11.4 Å². The molecule has 0 atom stereocenters. The van der Waals surface area contributed by atoms with Gasteiger partial charge in [-0.1, -0.05) is 29.8 Å². The van der Waals surface area contributed by atoms with E-state index in [4.69, 9.17) is 9.47 Å². The van der Waals surface area contributed by atoms with Crippen LogP contribution in [0.2, 0.25) is 0 Å². The topological polar surface area (TPSA) is 42.5 Å². The highest BCUT2D eigenvalue weighted by atomic mass is 16.5. The Morgan fingerprint density at radius 1 is 0.875 bits per heavy atom. The molecule has 2 N–H and O–H groups in total. The number of para-hydroxylation sites is 2. The molecular weight excluding hydrogens is 300 g/mol. The predicted octanol–water partition coefficient (Wildman–Crippen LogP) is 4.16. The lowest BCUT2D eigenvalue weighted by molar-refractivity contribution is 0.146. The number of methoxy groups -OCH3 is 1.